The monoisotopic (exact) mass is 666 g/mol. The summed E-state index contributed by atoms with van der Waals surface area (Å²) in [6.07, 6.45) is 1.96. The maximum Gasteiger partial charge on any atom is 0.412 e. The summed E-state index contributed by atoms with van der Waals surface area (Å²) in [5.74, 6) is 0.556. The standard InChI is InChI=1S/C30H40BrClN4O6/c1-17(23-20(8-11-33-26(23)32)18-9-12-39-13-10-18)40-24-22(35-27(37)41-29(2,3)4)14-21(34-25(24)31)19-15-36(16-19)28(38)42-30(5,6)7/h8,11,14,17-19H,9-10,12-13,15-16H2,1-7H3,(H,34,35,37). The van der Waals surface area contributed by atoms with E-state index in [2.05, 4.69) is 26.2 Å². The van der Waals surface area contributed by atoms with Crippen molar-refractivity contribution in [3.63, 3.8) is 0 Å². The van der Waals surface area contributed by atoms with Gasteiger partial charge in [-0.15, -0.1) is 0 Å². The molecular weight excluding hydrogens is 628 g/mol. The van der Waals surface area contributed by atoms with E-state index in [1.807, 2.05) is 33.8 Å². The minimum Gasteiger partial charge on any atom is -0.481 e. The Hall–Kier alpha value is -2.63. The number of nitrogens with zero attached hydrogens (tertiary/aromatic N) is 3. The molecule has 42 heavy (non-hydrogen) atoms. The van der Waals surface area contributed by atoms with Gasteiger partial charge in [0, 0.05) is 44.0 Å². The molecule has 1 atom stereocenters. The van der Waals surface area contributed by atoms with E-state index in [1.54, 1.807) is 37.9 Å². The molecule has 12 heteroatoms. The summed E-state index contributed by atoms with van der Waals surface area (Å²) in [5.41, 5.74) is 1.66. The Labute approximate surface area is 260 Å². The number of amides is 2. The molecule has 0 aliphatic carbocycles. The van der Waals surface area contributed by atoms with E-state index >= 15 is 0 Å². The lowest BCUT2D eigenvalue weighted by atomic mass is 9.88. The first kappa shape index (κ1) is 32.3. The number of likely N-dealkylation sites (tertiary alicyclic amines) is 1. The molecular formula is C30H40BrClN4O6. The molecule has 0 bridgehead atoms. The number of rotatable bonds is 6. The van der Waals surface area contributed by atoms with Gasteiger partial charge in [-0.3, -0.25) is 5.32 Å². The summed E-state index contributed by atoms with van der Waals surface area (Å²) in [6, 6.07) is 3.75. The number of carbonyl (C=O) groups excluding carboxylic acids is 2. The van der Waals surface area contributed by atoms with Crippen LogP contribution in [-0.4, -0.2) is 64.6 Å². The first-order valence-electron chi connectivity index (χ1n) is 14.2. The molecule has 2 amide bonds. The van der Waals surface area contributed by atoms with Crippen LogP contribution in [0.5, 0.6) is 5.75 Å². The lowest BCUT2D eigenvalue weighted by Gasteiger charge is -2.39. The highest BCUT2D eigenvalue weighted by molar-refractivity contribution is 9.10. The van der Waals surface area contributed by atoms with Gasteiger partial charge in [0.1, 0.15) is 27.1 Å². The van der Waals surface area contributed by atoms with Crippen molar-refractivity contribution in [2.45, 2.75) is 90.4 Å². The normalized spacial score (nSPS) is 17.3. The van der Waals surface area contributed by atoms with Gasteiger partial charge in [0.15, 0.2) is 5.75 Å². The zero-order chi connectivity index (χ0) is 30.8. The number of hydrogen-bond acceptors (Lipinski definition) is 8. The van der Waals surface area contributed by atoms with Gasteiger partial charge in [-0.2, -0.15) is 0 Å². The molecule has 0 spiro atoms. The number of anilines is 1. The lowest BCUT2D eigenvalue weighted by Crippen LogP contribution is -2.50. The Morgan fingerprint density at radius 2 is 1.74 bits per heavy atom. The molecule has 2 saturated heterocycles. The first-order valence-corrected chi connectivity index (χ1v) is 15.4. The van der Waals surface area contributed by atoms with Crippen molar-refractivity contribution in [1.29, 1.82) is 0 Å². The van der Waals surface area contributed by atoms with Crippen molar-refractivity contribution in [3.05, 3.63) is 44.9 Å². The van der Waals surface area contributed by atoms with Crippen molar-refractivity contribution >= 4 is 45.4 Å². The molecule has 0 aromatic carbocycles. The van der Waals surface area contributed by atoms with E-state index in [-0.39, 0.29) is 17.9 Å². The summed E-state index contributed by atoms with van der Waals surface area (Å²) < 4.78 is 23.5. The molecule has 0 saturated carbocycles. The molecule has 2 aromatic heterocycles. The summed E-state index contributed by atoms with van der Waals surface area (Å²) in [5, 5.41) is 3.21. The third kappa shape index (κ3) is 8.26. The van der Waals surface area contributed by atoms with Gasteiger partial charge in [-0.05, 0) is 101 Å². The quantitative estimate of drug-likeness (QED) is 0.314. The summed E-state index contributed by atoms with van der Waals surface area (Å²) in [6.45, 7) is 15.0. The molecule has 2 aromatic rings. The number of ether oxygens (including phenoxy) is 4. The average Bonchev–Trinajstić information content (AvgIpc) is 2.83. The fraction of sp³-hybridized carbons (Fsp3) is 0.600. The van der Waals surface area contributed by atoms with Crippen LogP contribution in [0, 0.1) is 0 Å². The van der Waals surface area contributed by atoms with Crippen molar-refractivity contribution in [2.24, 2.45) is 0 Å². The highest BCUT2D eigenvalue weighted by Crippen LogP contribution is 2.42. The third-order valence-corrected chi connectivity index (χ3v) is 7.71. The van der Waals surface area contributed by atoms with E-state index < -0.39 is 23.4 Å². The van der Waals surface area contributed by atoms with Crippen LogP contribution in [0.3, 0.4) is 0 Å². The Morgan fingerprint density at radius 1 is 1.10 bits per heavy atom. The van der Waals surface area contributed by atoms with Gasteiger partial charge in [-0.1, -0.05) is 11.6 Å². The second kappa shape index (κ2) is 12.9. The maximum absolute atomic E-state index is 12.9. The summed E-state index contributed by atoms with van der Waals surface area (Å²) in [4.78, 5) is 36.0. The minimum atomic E-state index is -0.699. The van der Waals surface area contributed by atoms with Gasteiger partial charge < -0.3 is 23.8 Å². The van der Waals surface area contributed by atoms with Gasteiger partial charge in [0.25, 0.3) is 0 Å². The molecule has 2 aliphatic rings. The summed E-state index contributed by atoms with van der Waals surface area (Å²) in [7, 11) is 0. The average molecular weight is 668 g/mol. The minimum absolute atomic E-state index is 0.0487. The van der Waals surface area contributed by atoms with Crippen LogP contribution in [0.1, 0.15) is 96.1 Å². The highest BCUT2D eigenvalue weighted by Gasteiger charge is 2.36. The van der Waals surface area contributed by atoms with Gasteiger partial charge in [0.05, 0.1) is 11.4 Å². The third-order valence-electron chi connectivity index (χ3n) is 6.88. The van der Waals surface area contributed by atoms with Crippen molar-refractivity contribution in [1.82, 2.24) is 14.9 Å². The second-order valence-electron chi connectivity index (χ2n) is 12.7. The molecule has 4 heterocycles. The predicted molar refractivity (Wildman–Crippen MR) is 163 cm³/mol. The highest BCUT2D eigenvalue weighted by atomic mass is 79.9. The van der Waals surface area contributed by atoms with Crippen LogP contribution in [0.15, 0.2) is 22.9 Å². The Bertz CT molecular complexity index is 1300. The topological polar surface area (TPSA) is 112 Å². The van der Waals surface area contributed by atoms with Crippen molar-refractivity contribution in [2.75, 3.05) is 31.6 Å². The Morgan fingerprint density at radius 3 is 2.36 bits per heavy atom. The van der Waals surface area contributed by atoms with Gasteiger partial charge >= 0.3 is 12.2 Å². The van der Waals surface area contributed by atoms with Crippen LogP contribution in [0.25, 0.3) is 0 Å². The second-order valence-corrected chi connectivity index (χ2v) is 13.8. The van der Waals surface area contributed by atoms with E-state index in [1.165, 1.54) is 0 Å². The van der Waals surface area contributed by atoms with Gasteiger partial charge in [0.2, 0.25) is 0 Å². The van der Waals surface area contributed by atoms with Gasteiger partial charge in [-0.25, -0.2) is 19.6 Å². The van der Waals surface area contributed by atoms with Crippen molar-refractivity contribution in [3.8, 4) is 5.75 Å². The lowest BCUT2D eigenvalue weighted by molar-refractivity contribution is 0.00784. The zero-order valence-corrected chi connectivity index (χ0v) is 27.6. The molecule has 10 nitrogen and oxygen atoms in total. The van der Waals surface area contributed by atoms with Crippen LogP contribution >= 0.6 is 27.5 Å². The molecule has 1 N–H and O–H groups in total. The molecule has 0 radical (unpaired) electrons. The number of halogens is 2. The van der Waals surface area contributed by atoms with Crippen LogP contribution < -0.4 is 10.1 Å². The Kier molecular flexibility index (Phi) is 9.94. The fourth-order valence-corrected chi connectivity index (χ4v) is 5.78. The zero-order valence-electron chi connectivity index (χ0n) is 25.3. The van der Waals surface area contributed by atoms with Crippen LogP contribution in [-0.2, 0) is 14.2 Å². The Balaban J connectivity index is 1.61. The van der Waals surface area contributed by atoms with Crippen molar-refractivity contribution < 1.29 is 28.5 Å². The van der Waals surface area contributed by atoms with E-state index in [0.717, 1.165) is 24.0 Å². The van der Waals surface area contributed by atoms with E-state index in [0.29, 0.717) is 53.2 Å². The molecule has 2 aliphatic heterocycles. The number of carbonyl (C=O) groups is 2. The van der Waals surface area contributed by atoms with Crippen LogP contribution in [0.4, 0.5) is 15.3 Å². The van der Waals surface area contributed by atoms with E-state index in [9.17, 15) is 9.59 Å². The summed E-state index contributed by atoms with van der Waals surface area (Å²) >= 11 is 10.2. The first-order chi connectivity index (χ1) is 19.6. The SMILES string of the molecule is CC(Oc1c(NC(=O)OC(C)(C)C)cc(C2CN(C(=O)OC(C)(C)C)C2)nc1Br)c1c(C2CCOCC2)ccnc1Cl. The smallest absolute Gasteiger partial charge is 0.412 e. The number of hydrogen-bond donors (Lipinski definition) is 1. The molecule has 230 valence electrons. The predicted octanol–water partition coefficient (Wildman–Crippen LogP) is 7.61. The van der Waals surface area contributed by atoms with E-state index in [4.69, 9.17) is 35.5 Å². The molecule has 2 fully saturated rings. The number of aromatic nitrogens is 2. The number of pyridine rings is 2. The fourth-order valence-electron chi connectivity index (χ4n) is 4.95. The van der Waals surface area contributed by atoms with Crippen LogP contribution in [0.2, 0.25) is 5.15 Å². The molecule has 1 unspecified atom stereocenters. The number of nitrogens with one attached hydrogen (secondary N) is 1. The molecule has 4 rings (SSSR count). The maximum atomic E-state index is 12.9. The largest absolute Gasteiger partial charge is 0.481 e.